The Kier molecular flexibility index (Phi) is 6.19. The molecular weight excluding hydrogens is 625 g/mol. The molecule has 0 saturated heterocycles. The van der Waals surface area contributed by atoms with Crippen molar-refractivity contribution in [2.24, 2.45) is 0 Å². The monoisotopic (exact) mass is 658 g/mol. The molecule has 0 unspecified atom stereocenters. The molecule has 0 spiro atoms. The Balaban J connectivity index is 1.32. The normalized spacial score (nSPS) is 12.0. The molecule has 0 saturated carbocycles. The van der Waals surface area contributed by atoms with Crippen LogP contribution in [0.3, 0.4) is 0 Å². The lowest BCUT2D eigenvalue weighted by Gasteiger charge is -2.22. The van der Waals surface area contributed by atoms with Crippen LogP contribution >= 0.6 is 0 Å². The van der Waals surface area contributed by atoms with Crippen molar-refractivity contribution in [3.8, 4) is 89.0 Å². The van der Waals surface area contributed by atoms with Crippen LogP contribution in [-0.2, 0) is 0 Å². The second-order valence-electron chi connectivity index (χ2n) is 14.5. The second-order valence-corrected chi connectivity index (χ2v) is 14.5. The standard InChI is InChI=1S/C52H34/c1-31-29-32(2)44-43(30-31)45(35-19-11-5-12-20-35)51-41-27-25-39-47-37(33-15-7-3-8-16-33)23-24-38(34-17-9-4-10-18-34)48(47)40-26-28-42(50(41)49(39)40)52(51)46(44)36-21-13-6-14-22-36/h3-30H,1-2H3. The van der Waals surface area contributed by atoms with Gasteiger partial charge in [-0.3, -0.25) is 0 Å². The summed E-state index contributed by atoms with van der Waals surface area (Å²) in [4.78, 5) is 0. The molecule has 0 atom stereocenters. The summed E-state index contributed by atoms with van der Waals surface area (Å²) in [6.07, 6.45) is 0. The van der Waals surface area contributed by atoms with Crippen LogP contribution in [0.25, 0.3) is 111 Å². The highest BCUT2D eigenvalue weighted by atomic mass is 14.4. The van der Waals surface area contributed by atoms with Crippen LogP contribution in [-0.4, -0.2) is 0 Å². The van der Waals surface area contributed by atoms with Gasteiger partial charge in [0.1, 0.15) is 0 Å². The zero-order chi connectivity index (χ0) is 34.5. The molecule has 0 fully saturated rings. The predicted octanol–water partition coefficient (Wildman–Crippen LogP) is 14.6. The molecular formula is C52H34. The molecule has 0 heteroatoms. The van der Waals surface area contributed by atoms with Crippen molar-refractivity contribution in [3.05, 3.63) is 181 Å². The number of benzene rings is 9. The average Bonchev–Trinajstić information content (AvgIpc) is 3.71. The van der Waals surface area contributed by atoms with Crippen LogP contribution in [0.5, 0.6) is 0 Å². The fourth-order valence-corrected chi connectivity index (χ4v) is 9.55. The van der Waals surface area contributed by atoms with E-state index in [1.165, 1.54) is 122 Å². The number of hydrogen-bond donors (Lipinski definition) is 0. The fraction of sp³-hybridized carbons (Fsp3) is 0.0385. The van der Waals surface area contributed by atoms with Crippen molar-refractivity contribution in [3.63, 3.8) is 0 Å². The SMILES string of the molecule is Cc1cc(C)c2c(-c3ccccc3)c3c(c(-c4ccccc4)c2c1)-c1ccc2c4c(ccc-3c14)-c1c(-c3ccccc3)ccc(-c3ccccc3)c1-2. The van der Waals surface area contributed by atoms with E-state index in [0.717, 1.165) is 0 Å². The summed E-state index contributed by atoms with van der Waals surface area (Å²) in [6.45, 7) is 4.53. The van der Waals surface area contributed by atoms with E-state index >= 15 is 0 Å². The van der Waals surface area contributed by atoms with Crippen molar-refractivity contribution < 1.29 is 0 Å². The van der Waals surface area contributed by atoms with Crippen molar-refractivity contribution in [1.29, 1.82) is 0 Å². The first-order valence-corrected chi connectivity index (χ1v) is 18.3. The maximum Gasteiger partial charge on any atom is -0.000730 e. The second kappa shape index (κ2) is 11.0. The third-order valence-electron chi connectivity index (χ3n) is 11.5. The Morgan fingerprint density at radius 1 is 0.269 bits per heavy atom. The third-order valence-corrected chi connectivity index (χ3v) is 11.5. The summed E-state index contributed by atoms with van der Waals surface area (Å²) in [5.74, 6) is 0. The quantitative estimate of drug-likeness (QED) is 0.177. The minimum Gasteiger partial charge on any atom is -0.0622 e. The number of hydrogen-bond acceptors (Lipinski definition) is 0. The van der Waals surface area contributed by atoms with Crippen LogP contribution in [0.1, 0.15) is 11.1 Å². The average molecular weight is 659 g/mol. The molecule has 0 aliphatic heterocycles. The first-order chi connectivity index (χ1) is 25.7. The summed E-state index contributed by atoms with van der Waals surface area (Å²) >= 11 is 0. The summed E-state index contributed by atoms with van der Waals surface area (Å²) in [5.41, 5.74) is 23.5. The Hall–Kier alpha value is -6.50. The van der Waals surface area contributed by atoms with E-state index in [9.17, 15) is 0 Å². The first kappa shape index (κ1) is 29.3. The van der Waals surface area contributed by atoms with E-state index < -0.39 is 0 Å². The van der Waals surface area contributed by atoms with Gasteiger partial charge in [0.2, 0.25) is 0 Å². The highest BCUT2D eigenvalue weighted by molar-refractivity contribution is 6.33. The molecule has 0 amide bonds. The van der Waals surface area contributed by atoms with Gasteiger partial charge < -0.3 is 0 Å². The van der Waals surface area contributed by atoms with E-state index in [2.05, 4.69) is 184 Å². The minimum absolute atomic E-state index is 1.25. The molecule has 52 heavy (non-hydrogen) atoms. The summed E-state index contributed by atoms with van der Waals surface area (Å²) in [5, 5.41) is 5.41. The Morgan fingerprint density at radius 3 is 1.10 bits per heavy atom. The van der Waals surface area contributed by atoms with Gasteiger partial charge in [0.15, 0.2) is 0 Å². The number of aryl methyl sites for hydroxylation is 2. The van der Waals surface area contributed by atoms with E-state index in [1.807, 2.05) is 0 Å². The van der Waals surface area contributed by atoms with Gasteiger partial charge in [-0.15, -0.1) is 0 Å². The highest BCUT2D eigenvalue weighted by Crippen LogP contribution is 2.63. The van der Waals surface area contributed by atoms with Crippen molar-refractivity contribution in [1.82, 2.24) is 0 Å². The highest BCUT2D eigenvalue weighted by Gasteiger charge is 2.36. The molecule has 0 heterocycles. The van der Waals surface area contributed by atoms with Crippen LogP contribution in [0.4, 0.5) is 0 Å². The third kappa shape index (κ3) is 3.98. The van der Waals surface area contributed by atoms with Crippen molar-refractivity contribution in [2.75, 3.05) is 0 Å². The molecule has 2 aliphatic carbocycles. The number of fused-ring (bicyclic) bond motifs is 7. The predicted molar refractivity (Wildman–Crippen MR) is 222 cm³/mol. The van der Waals surface area contributed by atoms with Gasteiger partial charge in [-0.2, -0.15) is 0 Å². The molecule has 242 valence electrons. The number of rotatable bonds is 4. The molecule has 9 aromatic rings. The van der Waals surface area contributed by atoms with Gasteiger partial charge in [0.05, 0.1) is 0 Å². The molecule has 2 aliphatic rings. The topological polar surface area (TPSA) is 0 Å². The molecule has 0 radical (unpaired) electrons. The lowest BCUT2D eigenvalue weighted by Crippen LogP contribution is -1.96. The molecule has 11 rings (SSSR count). The van der Waals surface area contributed by atoms with Crippen molar-refractivity contribution in [2.45, 2.75) is 13.8 Å². The maximum absolute atomic E-state index is 2.44. The zero-order valence-corrected chi connectivity index (χ0v) is 29.2. The van der Waals surface area contributed by atoms with Crippen LogP contribution in [0.2, 0.25) is 0 Å². The summed E-state index contributed by atoms with van der Waals surface area (Å²) in [6, 6.07) is 63.2. The van der Waals surface area contributed by atoms with Crippen LogP contribution in [0, 0.1) is 13.8 Å². The van der Waals surface area contributed by atoms with Gasteiger partial charge in [-0.05, 0) is 130 Å². The Bertz CT molecular complexity index is 2840. The van der Waals surface area contributed by atoms with E-state index in [-0.39, 0.29) is 0 Å². The van der Waals surface area contributed by atoms with Gasteiger partial charge in [0.25, 0.3) is 0 Å². The molecule has 9 aromatic carbocycles. The largest absolute Gasteiger partial charge is 0.0622 e. The lowest BCUT2D eigenvalue weighted by atomic mass is 9.80. The van der Waals surface area contributed by atoms with Crippen LogP contribution in [0.15, 0.2) is 170 Å². The van der Waals surface area contributed by atoms with E-state index in [4.69, 9.17) is 0 Å². The van der Waals surface area contributed by atoms with E-state index in [1.54, 1.807) is 0 Å². The zero-order valence-electron chi connectivity index (χ0n) is 29.2. The minimum atomic E-state index is 1.25. The summed E-state index contributed by atoms with van der Waals surface area (Å²) < 4.78 is 0. The summed E-state index contributed by atoms with van der Waals surface area (Å²) in [7, 11) is 0. The van der Waals surface area contributed by atoms with Crippen LogP contribution < -0.4 is 0 Å². The molecule has 0 N–H and O–H groups in total. The smallest absolute Gasteiger partial charge is 0.000730 e. The maximum atomic E-state index is 2.44. The first-order valence-electron chi connectivity index (χ1n) is 18.3. The van der Waals surface area contributed by atoms with Gasteiger partial charge in [0, 0.05) is 0 Å². The Morgan fingerprint density at radius 2 is 0.635 bits per heavy atom. The molecule has 0 bridgehead atoms. The molecule has 0 aromatic heterocycles. The lowest BCUT2D eigenvalue weighted by molar-refractivity contribution is 1.43. The van der Waals surface area contributed by atoms with E-state index in [0.29, 0.717) is 0 Å². The van der Waals surface area contributed by atoms with Crippen molar-refractivity contribution >= 4 is 21.5 Å². The fourth-order valence-electron chi connectivity index (χ4n) is 9.55. The van der Waals surface area contributed by atoms with Gasteiger partial charge in [-0.25, -0.2) is 0 Å². The van der Waals surface area contributed by atoms with Gasteiger partial charge >= 0.3 is 0 Å². The Labute approximate surface area is 304 Å². The van der Waals surface area contributed by atoms with Gasteiger partial charge in [-0.1, -0.05) is 175 Å². The molecule has 0 nitrogen and oxygen atoms in total.